The van der Waals surface area contributed by atoms with Crippen LogP contribution in [-0.4, -0.2) is 30.2 Å². The van der Waals surface area contributed by atoms with E-state index in [1.165, 1.54) is 11.3 Å². The summed E-state index contributed by atoms with van der Waals surface area (Å²) in [6, 6.07) is 1.74. The number of H-pyrrole nitrogens is 1. The molecule has 0 aliphatic carbocycles. The van der Waals surface area contributed by atoms with Crippen LogP contribution >= 0.6 is 11.3 Å². The quantitative estimate of drug-likeness (QED) is 0.876. The van der Waals surface area contributed by atoms with E-state index in [1.807, 2.05) is 6.92 Å². The Labute approximate surface area is 115 Å². The van der Waals surface area contributed by atoms with Gasteiger partial charge in [-0.15, -0.1) is 16.4 Å². The van der Waals surface area contributed by atoms with Crippen molar-refractivity contribution in [2.24, 2.45) is 0 Å². The van der Waals surface area contributed by atoms with Crippen LogP contribution in [0.3, 0.4) is 0 Å². The largest absolute Gasteiger partial charge is 0.463 e. The molecule has 0 amide bonds. The molecule has 0 aromatic carbocycles. The third-order valence-corrected chi connectivity index (χ3v) is 4.81. The molecule has 2 N–H and O–H groups in total. The van der Waals surface area contributed by atoms with Crippen LogP contribution in [0, 0.1) is 13.8 Å². The lowest BCUT2D eigenvalue weighted by Crippen LogP contribution is -2.14. The molecule has 2 rings (SSSR count). The fraction of sp³-hybridized carbons (Fsp3) is 0.400. The summed E-state index contributed by atoms with van der Waals surface area (Å²) >= 11 is 1.43. The first kappa shape index (κ1) is 13.8. The van der Waals surface area contributed by atoms with Crippen LogP contribution in [-0.2, 0) is 10.0 Å². The summed E-state index contributed by atoms with van der Waals surface area (Å²) in [6.45, 7) is 5.82. The third-order valence-electron chi connectivity index (χ3n) is 2.25. The standard InChI is InChI=1S/C10H14N4O3S2/c1-4-17-10-11-9(12-13-10)14-19(15,16)8-5-6(2)18-7(8)3/h5H,4H2,1-3H3,(H2,11,12,13,14). The fourth-order valence-electron chi connectivity index (χ4n) is 1.54. The van der Waals surface area contributed by atoms with Gasteiger partial charge < -0.3 is 4.74 Å². The number of aryl methyl sites for hydroxylation is 2. The van der Waals surface area contributed by atoms with Gasteiger partial charge in [-0.25, -0.2) is 18.2 Å². The normalized spacial score (nSPS) is 11.5. The van der Waals surface area contributed by atoms with Crippen molar-refractivity contribution < 1.29 is 13.2 Å². The number of sulfonamides is 1. The fourth-order valence-corrected chi connectivity index (χ4v) is 4.06. The zero-order valence-corrected chi connectivity index (χ0v) is 12.4. The third kappa shape index (κ3) is 3.04. The number of hydrogen-bond acceptors (Lipinski definition) is 6. The second-order valence-corrected chi connectivity index (χ2v) is 6.89. The number of aromatic nitrogens is 3. The van der Waals surface area contributed by atoms with Crippen LogP contribution in [0.25, 0.3) is 0 Å². The summed E-state index contributed by atoms with van der Waals surface area (Å²) in [5.41, 5.74) is 0. The Kier molecular flexibility index (Phi) is 3.76. The smallest absolute Gasteiger partial charge is 0.337 e. The minimum atomic E-state index is -3.65. The molecule has 0 radical (unpaired) electrons. The monoisotopic (exact) mass is 302 g/mol. The van der Waals surface area contributed by atoms with E-state index < -0.39 is 10.0 Å². The molecule has 7 nitrogen and oxygen atoms in total. The number of hydrogen-bond donors (Lipinski definition) is 2. The Hall–Kier alpha value is -1.61. The lowest BCUT2D eigenvalue weighted by molar-refractivity contribution is 0.314. The van der Waals surface area contributed by atoms with Crippen molar-refractivity contribution in [2.45, 2.75) is 25.7 Å². The van der Waals surface area contributed by atoms with E-state index in [-0.39, 0.29) is 16.9 Å². The van der Waals surface area contributed by atoms with Crippen LogP contribution in [0.5, 0.6) is 6.01 Å². The second-order valence-electron chi connectivity index (χ2n) is 3.78. The topological polar surface area (TPSA) is 97.0 Å². The van der Waals surface area contributed by atoms with Crippen molar-refractivity contribution in [3.8, 4) is 6.01 Å². The number of nitrogens with zero attached hydrogens (tertiary/aromatic N) is 2. The van der Waals surface area contributed by atoms with Gasteiger partial charge in [0, 0.05) is 9.75 Å². The van der Waals surface area contributed by atoms with Crippen LogP contribution in [0.2, 0.25) is 0 Å². The zero-order valence-electron chi connectivity index (χ0n) is 10.7. The van der Waals surface area contributed by atoms with Crippen molar-refractivity contribution in [1.29, 1.82) is 0 Å². The highest BCUT2D eigenvalue weighted by molar-refractivity contribution is 7.92. The SMILES string of the molecule is CCOc1n[nH]c(NS(=O)(=O)c2cc(C)sc2C)n1. The van der Waals surface area contributed by atoms with E-state index in [9.17, 15) is 8.42 Å². The van der Waals surface area contributed by atoms with Crippen LogP contribution in [0.4, 0.5) is 5.95 Å². The molecular formula is C10H14N4O3S2. The lowest BCUT2D eigenvalue weighted by Gasteiger charge is -2.03. The minimum absolute atomic E-state index is 0.0340. The molecule has 104 valence electrons. The maximum Gasteiger partial charge on any atom is 0.337 e. The zero-order chi connectivity index (χ0) is 14.0. The van der Waals surface area contributed by atoms with Crippen LogP contribution in [0.15, 0.2) is 11.0 Å². The van der Waals surface area contributed by atoms with Gasteiger partial charge in [0.05, 0.1) is 6.61 Å². The summed E-state index contributed by atoms with van der Waals surface area (Å²) in [5.74, 6) is 0.0340. The Morgan fingerprint density at radius 2 is 2.21 bits per heavy atom. The van der Waals surface area contributed by atoms with Crippen molar-refractivity contribution in [3.05, 3.63) is 15.8 Å². The number of rotatable bonds is 5. The van der Waals surface area contributed by atoms with Gasteiger partial charge in [-0.2, -0.15) is 4.98 Å². The van der Waals surface area contributed by atoms with Gasteiger partial charge in [-0.1, -0.05) is 0 Å². The first-order chi connectivity index (χ1) is 8.92. The van der Waals surface area contributed by atoms with Gasteiger partial charge in [-0.3, -0.25) is 0 Å². The average molecular weight is 302 g/mol. The minimum Gasteiger partial charge on any atom is -0.463 e. The molecule has 2 aromatic heterocycles. The number of nitrogens with one attached hydrogen (secondary N) is 2. The molecular weight excluding hydrogens is 288 g/mol. The maximum absolute atomic E-state index is 12.2. The van der Waals surface area contributed by atoms with Gasteiger partial charge in [0.25, 0.3) is 10.0 Å². The van der Waals surface area contributed by atoms with E-state index in [4.69, 9.17) is 4.74 Å². The number of anilines is 1. The van der Waals surface area contributed by atoms with E-state index in [2.05, 4.69) is 19.9 Å². The molecule has 0 aliphatic rings. The van der Waals surface area contributed by atoms with Crippen LogP contribution < -0.4 is 9.46 Å². The van der Waals surface area contributed by atoms with Crippen molar-refractivity contribution in [3.63, 3.8) is 0 Å². The van der Waals surface area contributed by atoms with Gasteiger partial charge >= 0.3 is 6.01 Å². The molecule has 0 bridgehead atoms. The van der Waals surface area contributed by atoms with Gasteiger partial charge in [-0.05, 0) is 26.8 Å². The second kappa shape index (κ2) is 5.17. The van der Waals surface area contributed by atoms with E-state index in [0.29, 0.717) is 6.61 Å². The number of aromatic amines is 1. The summed E-state index contributed by atoms with van der Waals surface area (Å²) in [7, 11) is -3.65. The molecule has 2 aromatic rings. The summed E-state index contributed by atoms with van der Waals surface area (Å²) in [5, 5.41) is 6.20. The van der Waals surface area contributed by atoms with Gasteiger partial charge in [0.2, 0.25) is 5.95 Å². The Bertz CT molecular complexity index is 675. The highest BCUT2D eigenvalue weighted by atomic mass is 32.2. The van der Waals surface area contributed by atoms with E-state index in [1.54, 1.807) is 19.9 Å². The number of thiophene rings is 1. The molecule has 19 heavy (non-hydrogen) atoms. The van der Waals surface area contributed by atoms with Gasteiger partial charge in [0.1, 0.15) is 4.90 Å². The van der Waals surface area contributed by atoms with E-state index >= 15 is 0 Å². The highest BCUT2D eigenvalue weighted by Gasteiger charge is 2.20. The van der Waals surface area contributed by atoms with Crippen LogP contribution in [0.1, 0.15) is 16.7 Å². The van der Waals surface area contributed by atoms with Crippen molar-refractivity contribution in [2.75, 3.05) is 11.3 Å². The number of ether oxygens (including phenoxy) is 1. The maximum atomic E-state index is 12.2. The Morgan fingerprint density at radius 1 is 1.47 bits per heavy atom. The summed E-state index contributed by atoms with van der Waals surface area (Å²) in [4.78, 5) is 5.79. The van der Waals surface area contributed by atoms with Crippen molar-refractivity contribution in [1.82, 2.24) is 15.2 Å². The predicted octanol–water partition coefficient (Wildman–Crippen LogP) is 1.68. The lowest BCUT2D eigenvalue weighted by atomic mass is 10.4. The molecule has 0 spiro atoms. The van der Waals surface area contributed by atoms with Gasteiger partial charge in [0.15, 0.2) is 0 Å². The molecule has 9 heteroatoms. The summed E-state index contributed by atoms with van der Waals surface area (Å²) in [6.07, 6.45) is 0. The Morgan fingerprint density at radius 3 is 2.79 bits per heavy atom. The van der Waals surface area contributed by atoms with E-state index in [0.717, 1.165) is 9.75 Å². The molecule has 2 heterocycles. The Balaban J connectivity index is 2.23. The molecule has 0 saturated heterocycles. The highest BCUT2D eigenvalue weighted by Crippen LogP contribution is 2.26. The first-order valence-electron chi connectivity index (χ1n) is 5.57. The van der Waals surface area contributed by atoms with Crippen molar-refractivity contribution >= 4 is 27.3 Å². The summed E-state index contributed by atoms with van der Waals surface area (Å²) < 4.78 is 31.7. The molecule has 0 atom stereocenters. The molecule has 0 saturated carbocycles. The molecule has 0 fully saturated rings. The predicted molar refractivity (Wildman–Crippen MR) is 72.2 cm³/mol. The molecule has 0 unspecified atom stereocenters. The first-order valence-corrected chi connectivity index (χ1v) is 7.87. The average Bonchev–Trinajstić information content (AvgIpc) is 2.86. The molecule has 0 aliphatic heterocycles.